The van der Waals surface area contributed by atoms with Crippen molar-refractivity contribution < 1.29 is 28.6 Å². The molecule has 0 saturated carbocycles. The van der Waals surface area contributed by atoms with Crippen LogP contribution in [0.25, 0.3) is 22.3 Å². The Kier molecular flexibility index (Phi) is 9.90. The third-order valence-corrected chi connectivity index (χ3v) is 11.5. The number of rotatable bonds is 8. The molecule has 51 heavy (non-hydrogen) atoms. The van der Waals surface area contributed by atoms with Gasteiger partial charge in [0.25, 0.3) is 5.56 Å². The van der Waals surface area contributed by atoms with E-state index in [0.29, 0.717) is 53.8 Å². The fourth-order valence-corrected chi connectivity index (χ4v) is 8.74. The predicted molar refractivity (Wildman–Crippen MR) is 195 cm³/mol. The number of piperidine rings is 2. The van der Waals surface area contributed by atoms with E-state index in [1.807, 2.05) is 32.9 Å². The van der Waals surface area contributed by atoms with Gasteiger partial charge < -0.3 is 28.6 Å². The Morgan fingerprint density at radius 1 is 1.06 bits per heavy atom. The number of cyclic esters (lactones) is 1. The molecule has 272 valence electrons. The Balaban J connectivity index is 1.18. The maximum atomic E-state index is 14.1. The number of esters is 2. The molecule has 2 fully saturated rings. The lowest BCUT2D eigenvalue weighted by Crippen LogP contribution is -2.50. The van der Waals surface area contributed by atoms with Crippen LogP contribution in [-0.4, -0.2) is 75.6 Å². The number of hydrogen-bond donors (Lipinski definition) is 2. The van der Waals surface area contributed by atoms with Gasteiger partial charge >= 0.3 is 18.0 Å². The average Bonchev–Trinajstić information content (AvgIpc) is 3.50. The van der Waals surface area contributed by atoms with Crippen molar-refractivity contribution in [2.24, 2.45) is 5.92 Å². The Hall–Kier alpha value is -3.94. The van der Waals surface area contributed by atoms with E-state index in [9.17, 15) is 19.2 Å². The molecule has 13 heteroatoms. The molecule has 1 unspecified atom stereocenters. The van der Waals surface area contributed by atoms with E-state index < -0.39 is 23.6 Å². The van der Waals surface area contributed by atoms with Crippen LogP contribution >= 0.6 is 12.8 Å². The van der Waals surface area contributed by atoms with Crippen LogP contribution in [0.4, 0.5) is 4.79 Å². The molecule has 4 aliphatic heterocycles. The van der Waals surface area contributed by atoms with Crippen molar-refractivity contribution in [2.45, 2.75) is 103 Å². The molecule has 3 aromatic rings. The van der Waals surface area contributed by atoms with Crippen LogP contribution in [0.1, 0.15) is 88.5 Å². The van der Waals surface area contributed by atoms with Gasteiger partial charge in [-0.3, -0.25) is 14.3 Å². The van der Waals surface area contributed by atoms with E-state index in [2.05, 4.69) is 22.4 Å². The second-order valence-electron chi connectivity index (χ2n) is 14.5. The largest absolute Gasteiger partial charge is 0.457 e. The summed E-state index contributed by atoms with van der Waals surface area (Å²) in [4.78, 5) is 63.6. The number of fused-ring (bicyclic) bond motifs is 5. The molecule has 2 atom stereocenters. The minimum Gasteiger partial charge on any atom is -0.457 e. The number of pyridine rings is 2. The lowest BCUT2D eigenvalue weighted by Gasteiger charge is -2.39. The molecule has 0 bridgehead atoms. The van der Waals surface area contributed by atoms with E-state index in [1.165, 1.54) is 19.3 Å². The monoisotopic (exact) mass is 717 g/mol. The van der Waals surface area contributed by atoms with Gasteiger partial charge in [0, 0.05) is 35.6 Å². The molecule has 1 aromatic carbocycles. The zero-order valence-corrected chi connectivity index (χ0v) is 30.7. The van der Waals surface area contributed by atoms with Crippen molar-refractivity contribution in [3.8, 4) is 17.1 Å². The van der Waals surface area contributed by atoms with Crippen LogP contribution < -0.4 is 15.0 Å². The number of carbonyl (C=O) groups is 3. The maximum absolute atomic E-state index is 14.1. The van der Waals surface area contributed by atoms with E-state index in [4.69, 9.17) is 19.2 Å². The highest BCUT2D eigenvalue weighted by atomic mass is 32.1. The first kappa shape index (κ1) is 35.5. The van der Waals surface area contributed by atoms with Gasteiger partial charge in [-0.1, -0.05) is 46.9 Å². The molecule has 4 aliphatic rings. The predicted octanol–water partition coefficient (Wildman–Crippen LogP) is 5.10. The summed E-state index contributed by atoms with van der Waals surface area (Å²) < 4.78 is 21.7. The average molecular weight is 718 g/mol. The van der Waals surface area contributed by atoms with Gasteiger partial charge in [-0.25, -0.2) is 14.6 Å². The number of aryl methyl sites for hydroxylation is 1. The first-order valence-electron chi connectivity index (χ1n) is 18.3. The number of amides is 1. The van der Waals surface area contributed by atoms with E-state index >= 15 is 0 Å². The lowest BCUT2D eigenvalue weighted by atomic mass is 9.85. The first-order valence-corrected chi connectivity index (χ1v) is 18.8. The molecular weight excluding hydrogens is 671 g/mol. The van der Waals surface area contributed by atoms with Crippen molar-refractivity contribution >= 4 is 41.7 Å². The van der Waals surface area contributed by atoms with E-state index in [1.54, 1.807) is 28.5 Å². The summed E-state index contributed by atoms with van der Waals surface area (Å²) >= 11 is 4.11. The first-order chi connectivity index (χ1) is 24.6. The fourth-order valence-electron chi connectivity index (χ4n) is 8.34. The van der Waals surface area contributed by atoms with Crippen molar-refractivity contribution in [3.63, 3.8) is 0 Å². The topological polar surface area (TPSA) is 132 Å². The van der Waals surface area contributed by atoms with Crippen molar-refractivity contribution in [3.05, 3.63) is 56.9 Å². The number of carbonyl (C=O) groups excluding carboxylic acids is 3. The summed E-state index contributed by atoms with van der Waals surface area (Å²) in [5, 5.41) is 0.852. The fraction of sp³-hybridized carbons (Fsp3) is 0.553. The molecule has 1 N–H and O–H groups in total. The van der Waals surface area contributed by atoms with Crippen molar-refractivity contribution in [1.29, 1.82) is 0 Å². The molecule has 0 spiro atoms. The van der Waals surface area contributed by atoms with Gasteiger partial charge in [-0.15, -0.1) is 0 Å². The van der Waals surface area contributed by atoms with Crippen LogP contribution in [0.5, 0.6) is 5.75 Å². The Labute approximate surface area is 303 Å². The molecule has 12 nitrogen and oxygen atoms in total. The molecule has 6 heterocycles. The van der Waals surface area contributed by atoms with Crippen LogP contribution in [0.15, 0.2) is 29.1 Å². The minimum absolute atomic E-state index is 0.0705. The number of nitrogens with one attached hydrogen (secondary N) is 1. The quantitative estimate of drug-likeness (QED) is 0.188. The molecule has 2 aromatic heterocycles. The van der Waals surface area contributed by atoms with E-state index in [0.717, 1.165) is 42.4 Å². The summed E-state index contributed by atoms with van der Waals surface area (Å²) in [6.45, 7) is 11.2. The Morgan fingerprint density at radius 2 is 1.80 bits per heavy atom. The molecule has 0 radical (unpaired) electrons. The highest BCUT2D eigenvalue weighted by molar-refractivity contribution is 7.78. The minimum atomic E-state index is -1.80. The van der Waals surface area contributed by atoms with E-state index in [-0.39, 0.29) is 42.7 Å². The number of benzene rings is 1. The molecule has 7 rings (SSSR count). The number of likely N-dealkylation sites (tertiary alicyclic amines) is 2. The third kappa shape index (κ3) is 6.20. The number of nitrogens with zero attached hydrogens (tertiary/aromatic N) is 4. The van der Waals surface area contributed by atoms with Crippen molar-refractivity contribution in [1.82, 2.24) is 24.1 Å². The lowest BCUT2D eigenvalue weighted by molar-refractivity contribution is -0.191. The highest BCUT2D eigenvalue weighted by Gasteiger charge is 2.51. The standard InChI is InChI=1S/C38H47N5O7S/c1-5-25-26-18-24(49-37(47)42-16-12-23(13-17-42)41-14-8-7-9-15-41)10-11-30(26)39-33-27(25)20-43-31(33)19-29-28(34(43)44)21-48-36(46)38(29,6-2)50-35(45)32(40-51)22(3)4/h10-11,18-19,22-23,32,40,51H,5-9,12-17,20-21H2,1-4H3/t32?,38-/m0/s1. The Bertz CT molecular complexity index is 1930. The van der Waals surface area contributed by atoms with Crippen LogP contribution in [-0.2, 0) is 44.2 Å². The summed E-state index contributed by atoms with van der Waals surface area (Å²) in [6.07, 6.45) is 6.12. The summed E-state index contributed by atoms with van der Waals surface area (Å²) in [6, 6.07) is 6.98. The van der Waals surface area contributed by atoms with Crippen LogP contribution in [0.2, 0.25) is 0 Å². The SMILES string of the molecule is CCc1c2c(nc3ccc(OC(=O)N4CCC(N5CCCCC5)CC4)cc13)-c1cc3c(c(=O)n1C2)COC(=O)[C@@]3(CC)OC(=O)C(NS)C(C)C. The molecule has 2 saturated heterocycles. The summed E-state index contributed by atoms with van der Waals surface area (Å²) in [7, 11) is 0. The number of aromatic nitrogens is 2. The molecule has 0 aliphatic carbocycles. The normalized spacial score (nSPS) is 21.2. The second kappa shape index (κ2) is 14.2. The van der Waals surface area contributed by atoms with Gasteiger partial charge in [0.05, 0.1) is 29.0 Å². The summed E-state index contributed by atoms with van der Waals surface area (Å²) in [5.74, 6) is -1.10. The number of ether oxygens (including phenoxy) is 3. The van der Waals surface area contributed by atoms with Gasteiger partial charge in [0.2, 0.25) is 5.60 Å². The summed E-state index contributed by atoms with van der Waals surface area (Å²) in [5.41, 5.74) is 2.23. The van der Waals surface area contributed by atoms with Crippen molar-refractivity contribution in [2.75, 3.05) is 26.2 Å². The zero-order chi connectivity index (χ0) is 36.0. The maximum Gasteiger partial charge on any atom is 0.415 e. The van der Waals surface area contributed by atoms with Crippen LogP contribution in [0.3, 0.4) is 0 Å². The molecular formula is C38H47N5O7S. The smallest absolute Gasteiger partial charge is 0.415 e. The zero-order valence-electron chi connectivity index (χ0n) is 29.8. The highest BCUT2D eigenvalue weighted by Crippen LogP contribution is 2.42. The Morgan fingerprint density at radius 3 is 2.47 bits per heavy atom. The third-order valence-electron chi connectivity index (χ3n) is 11.3. The van der Waals surface area contributed by atoms with Gasteiger partial charge in [0.15, 0.2) is 0 Å². The number of hydrogen-bond acceptors (Lipinski definition) is 11. The van der Waals surface area contributed by atoms with Gasteiger partial charge in [0.1, 0.15) is 18.4 Å². The second-order valence-corrected chi connectivity index (χ2v) is 14.7. The van der Waals surface area contributed by atoms with Gasteiger partial charge in [-0.2, -0.15) is 0 Å². The van der Waals surface area contributed by atoms with Gasteiger partial charge in [-0.05, 0) is 87.4 Å². The number of thiol groups is 1. The molecule has 1 amide bonds. The van der Waals surface area contributed by atoms with Crippen LogP contribution in [0, 0.1) is 5.92 Å².